The highest BCUT2D eigenvalue weighted by atomic mass is 35.5. The third kappa shape index (κ3) is 3.98. The summed E-state index contributed by atoms with van der Waals surface area (Å²) in [6, 6.07) is 14.4. The standard InChI is InChI=1S/C15H14ClN3O2S/c16-13-9-14(12(10-17)8-15(13)22(18,20)21)19-7-6-11-4-2-1-3-5-11/h1-5,8-9,19H,6-7H2,(H2,18,20,21). The number of nitriles is 1. The molecule has 0 aromatic heterocycles. The summed E-state index contributed by atoms with van der Waals surface area (Å²) in [6.45, 7) is 0.587. The molecule has 22 heavy (non-hydrogen) atoms. The zero-order valence-corrected chi connectivity index (χ0v) is 13.2. The van der Waals surface area contributed by atoms with Gasteiger partial charge in [-0.1, -0.05) is 41.9 Å². The van der Waals surface area contributed by atoms with Crippen molar-refractivity contribution in [1.29, 1.82) is 5.26 Å². The summed E-state index contributed by atoms with van der Waals surface area (Å²) in [7, 11) is -3.96. The maximum absolute atomic E-state index is 11.4. The normalized spacial score (nSPS) is 11.0. The number of nitrogens with zero attached hydrogens (tertiary/aromatic N) is 1. The van der Waals surface area contributed by atoms with E-state index in [1.807, 2.05) is 36.4 Å². The summed E-state index contributed by atoms with van der Waals surface area (Å²) < 4.78 is 22.8. The molecule has 0 aliphatic carbocycles. The topological polar surface area (TPSA) is 96.0 Å². The molecule has 0 heterocycles. The Morgan fingerprint density at radius 3 is 2.50 bits per heavy atom. The van der Waals surface area contributed by atoms with Gasteiger partial charge in [0.2, 0.25) is 10.0 Å². The van der Waals surface area contributed by atoms with E-state index in [2.05, 4.69) is 5.32 Å². The lowest BCUT2D eigenvalue weighted by atomic mass is 10.1. The molecule has 2 rings (SSSR count). The average Bonchev–Trinajstić information content (AvgIpc) is 2.47. The van der Waals surface area contributed by atoms with Crippen LogP contribution in [0.2, 0.25) is 5.02 Å². The molecule has 2 aromatic carbocycles. The molecule has 7 heteroatoms. The number of benzene rings is 2. The molecule has 0 spiro atoms. The molecule has 0 saturated carbocycles. The monoisotopic (exact) mass is 335 g/mol. The van der Waals surface area contributed by atoms with Crippen LogP contribution in [-0.4, -0.2) is 15.0 Å². The lowest BCUT2D eigenvalue weighted by molar-refractivity contribution is 0.598. The highest BCUT2D eigenvalue weighted by Gasteiger charge is 2.16. The van der Waals surface area contributed by atoms with Crippen LogP contribution in [0.25, 0.3) is 0 Å². The fraction of sp³-hybridized carbons (Fsp3) is 0.133. The molecule has 2 aromatic rings. The summed E-state index contributed by atoms with van der Waals surface area (Å²) >= 11 is 5.93. The van der Waals surface area contributed by atoms with Crippen molar-refractivity contribution in [2.75, 3.05) is 11.9 Å². The SMILES string of the molecule is N#Cc1cc(S(N)(=O)=O)c(Cl)cc1NCCc1ccccc1. The van der Waals surface area contributed by atoms with Gasteiger partial charge in [0.05, 0.1) is 16.3 Å². The minimum absolute atomic E-state index is 0.0105. The number of primary sulfonamides is 1. The van der Waals surface area contributed by atoms with Crippen molar-refractivity contribution < 1.29 is 8.42 Å². The van der Waals surface area contributed by atoms with Gasteiger partial charge in [0.25, 0.3) is 0 Å². The number of sulfonamides is 1. The van der Waals surface area contributed by atoms with Crippen molar-refractivity contribution in [3.8, 4) is 6.07 Å². The second kappa shape index (κ2) is 6.79. The van der Waals surface area contributed by atoms with Gasteiger partial charge in [0.1, 0.15) is 11.0 Å². The molecule has 0 fully saturated rings. The Morgan fingerprint density at radius 1 is 1.23 bits per heavy atom. The summed E-state index contributed by atoms with van der Waals surface area (Å²) in [5.74, 6) is 0. The maximum atomic E-state index is 11.4. The number of hydrogen-bond acceptors (Lipinski definition) is 4. The van der Waals surface area contributed by atoms with E-state index in [0.29, 0.717) is 12.2 Å². The molecule has 5 nitrogen and oxygen atoms in total. The molecular formula is C15H14ClN3O2S. The Kier molecular flexibility index (Phi) is 5.03. The van der Waals surface area contributed by atoms with Crippen molar-refractivity contribution in [3.05, 3.63) is 58.6 Å². The Labute approximate surface area is 134 Å². The van der Waals surface area contributed by atoms with Crippen LogP contribution >= 0.6 is 11.6 Å². The quantitative estimate of drug-likeness (QED) is 0.877. The summed E-state index contributed by atoms with van der Waals surface area (Å²) in [5, 5.41) is 17.3. The number of rotatable bonds is 5. The van der Waals surface area contributed by atoms with Gasteiger partial charge in [-0.3, -0.25) is 0 Å². The first-order valence-electron chi connectivity index (χ1n) is 6.46. The molecule has 0 radical (unpaired) electrons. The summed E-state index contributed by atoms with van der Waals surface area (Å²) in [6.07, 6.45) is 0.764. The average molecular weight is 336 g/mol. The van der Waals surface area contributed by atoms with Gasteiger partial charge in [0, 0.05) is 6.54 Å². The first-order valence-corrected chi connectivity index (χ1v) is 8.38. The number of halogens is 1. The lowest BCUT2D eigenvalue weighted by Gasteiger charge is -2.11. The van der Waals surface area contributed by atoms with E-state index in [1.165, 1.54) is 12.1 Å². The van der Waals surface area contributed by atoms with Crippen LogP contribution in [-0.2, 0) is 16.4 Å². The molecule has 3 N–H and O–H groups in total. The molecule has 0 atom stereocenters. The fourth-order valence-corrected chi connectivity index (χ4v) is 3.10. The first-order chi connectivity index (χ1) is 10.4. The largest absolute Gasteiger partial charge is 0.384 e. The van der Waals surface area contributed by atoms with Gasteiger partial charge >= 0.3 is 0 Å². The van der Waals surface area contributed by atoms with E-state index in [-0.39, 0.29) is 15.5 Å². The van der Waals surface area contributed by atoms with E-state index in [0.717, 1.165) is 12.0 Å². The lowest BCUT2D eigenvalue weighted by Crippen LogP contribution is -2.14. The van der Waals surface area contributed by atoms with Gasteiger partial charge in [0.15, 0.2) is 0 Å². The second-order valence-electron chi connectivity index (χ2n) is 4.65. The molecule has 0 saturated heterocycles. The first kappa shape index (κ1) is 16.3. The number of nitrogens with two attached hydrogens (primary N) is 1. The minimum atomic E-state index is -3.96. The summed E-state index contributed by atoms with van der Waals surface area (Å²) in [5.41, 5.74) is 1.82. The van der Waals surface area contributed by atoms with E-state index in [1.54, 1.807) is 0 Å². The Bertz CT molecular complexity index is 815. The van der Waals surface area contributed by atoms with Crippen LogP contribution < -0.4 is 10.5 Å². The maximum Gasteiger partial charge on any atom is 0.239 e. The van der Waals surface area contributed by atoms with Crippen LogP contribution in [0.4, 0.5) is 5.69 Å². The predicted molar refractivity (Wildman–Crippen MR) is 86.2 cm³/mol. The van der Waals surface area contributed by atoms with Crippen molar-refractivity contribution in [1.82, 2.24) is 0 Å². The minimum Gasteiger partial charge on any atom is -0.384 e. The van der Waals surface area contributed by atoms with Gasteiger partial charge in [-0.2, -0.15) is 5.26 Å². The molecule has 114 valence electrons. The van der Waals surface area contributed by atoms with Gasteiger partial charge in [-0.25, -0.2) is 13.6 Å². The molecule has 0 bridgehead atoms. The van der Waals surface area contributed by atoms with E-state index in [9.17, 15) is 8.42 Å². The van der Waals surface area contributed by atoms with Gasteiger partial charge in [-0.05, 0) is 24.1 Å². The molecule has 0 unspecified atom stereocenters. The number of nitrogens with one attached hydrogen (secondary N) is 1. The zero-order chi connectivity index (χ0) is 16.2. The Morgan fingerprint density at radius 2 is 1.91 bits per heavy atom. The van der Waals surface area contributed by atoms with E-state index < -0.39 is 10.0 Å². The van der Waals surface area contributed by atoms with E-state index in [4.69, 9.17) is 22.0 Å². The highest BCUT2D eigenvalue weighted by Crippen LogP contribution is 2.27. The fourth-order valence-electron chi connectivity index (χ4n) is 2.00. The second-order valence-corrected chi connectivity index (χ2v) is 6.58. The van der Waals surface area contributed by atoms with Gasteiger partial charge < -0.3 is 5.32 Å². The molecule has 0 amide bonds. The van der Waals surface area contributed by atoms with Crippen molar-refractivity contribution in [3.63, 3.8) is 0 Å². The Balaban J connectivity index is 2.18. The van der Waals surface area contributed by atoms with Crippen LogP contribution in [0.5, 0.6) is 0 Å². The highest BCUT2D eigenvalue weighted by molar-refractivity contribution is 7.89. The molecule has 0 aliphatic rings. The van der Waals surface area contributed by atoms with Crippen LogP contribution in [0.1, 0.15) is 11.1 Å². The van der Waals surface area contributed by atoms with Crippen molar-refractivity contribution >= 4 is 27.3 Å². The van der Waals surface area contributed by atoms with Crippen LogP contribution in [0.3, 0.4) is 0 Å². The Hall–Kier alpha value is -2.07. The predicted octanol–water partition coefficient (Wildman–Crippen LogP) is 2.51. The molecular weight excluding hydrogens is 322 g/mol. The molecule has 0 aliphatic heterocycles. The van der Waals surface area contributed by atoms with Crippen molar-refractivity contribution in [2.24, 2.45) is 5.14 Å². The smallest absolute Gasteiger partial charge is 0.239 e. The van der Waals surface area contributed by atoms with Crippen molar-refractivity contribution in [2.45, 2.75) is 11.3 Å². The van der Waals surface area contributed by atoms with Crippen LogP contribution in [0.15, 0.2) is 47.4 Å². The third-order valence-electron chi connectivity index (χ3n) is 3.07. The van der Waals surface area contributed by atoms with Crippen LogP contribution in [0, 0.1) is 11.3 Å². The zero-order valence-electron chi connectivity index (χ0n) is 11.6. The third-order valence-corrected chi connectivity index (χ3v) is 4.45. The number of hydrogen-bond donors (Lipinski definition) is 2. The van der Waals surface area contributed by atoms with E-state index >= 15 is 0 Å². The number of anilines is 1. The van der Waals surface area contributed by atoms with Gasteiger partial charge in [-0.15, -0.1) is 0 Å². The summed E-state index contributed by atoms with van der Waals surface area (Å²) in [4.78, 5) is -0.251.